The predicted molar refractivity (Wildman–Crippen MR) is 64.0 cm³/mol. The van der Waals surface area contributed by atoms with Gasteiger partial charge in [0.05, 0.1) is 0 Å². The summed E-state index contributed by atoms with van der Waals surface area (Å²) in [6.07, 6.45) is 1.86. The molecule has 1 aliphatic heterocycles. The van der Waals surface area contributed by atoms with Gasteiger partial charge in [-0.1, -0.05) is 0 Å². The van der Waals surface area contributed by atoms with E-state index in [-0.39, 0.29) is 18.1 Å². The van der Waals surface area contributed by atoms with Crippen LogP contribution in [-0.4, -0.2) is 42.6 Å². The number of nitrogens with zero attached hydrogens (tertiary/aromatic N) is 1. The van der Waals surface area contributed by atoms with Gasteiger partial charge < -0.3 is 15.4 Å². The van der Waals surface area contributed by atoms with E-state index < -0.39 is 0 Å². The maximum Gasteiger partial charge on any atom is 0.251 e. The molecule has 0 aromatic carbocycles. The number of hydrogen-bond acceptors (Lipinski definition) is 3. The molecular weight excluding hydrogens is 204 g/mol. The normalized spacial score (nSPS) is 25.2. The van der Waals surface area contributed by atoms with Crippen LogP contribution >= 0.6 is 0 Å². The van der Waals surface area contributed by atoms with E-state index >= 15 is 0 Å². The second-order valence-electron chi connectivity index (χ2n) is 4.64. The highest BCUT2D eigenvalue weighted by Gasteiger charge is 2.28. The molecule has 16 heavy (non-hydrogen) atoms. The Balaban J connectivity index is 2.49. The summed E-state index contributed by atoms with van der Waals surface area (Å²) in [6, 6.07) is 0.165. The molecule has 0 aromatic rings. The Morgan fingerprint density at radius 3 is 2.81 bits per heavy atom. The maximum atomic E-state index is 12.0. The SMILES string of the molecule is CCO[C@H](C)C(=O)N1CCC[C@H]([C@H](C)N)C1. The Hall–Kier alpha value is -0.610. The first-order chi connectivity index (χ1) is 7.56. The summed E-state index contributed by atoms with van der Waals surface area (Å²) in [4.78, 5) is 13.9. The third kappa shape index (κ3) is 3.46. The fourth-order valence-corrected chi connectivity index (χ4v) is 2.22. The maximum absolute atomic E-state index is 12.0. The molecule has 0 saturated carbocycles. The summed E-state index contributed by atoms with van der Waals surface area (Å²) in [6.45, 7) is 7.96. The topological polar surface area (TPSA) is 55.6 Å². The lowest BCUT2D eigenvalue weighted by Gasteiger charge is -2.35. The summed E-state index contributed by atoms with van der Waals surface area (Å²) >= 11 is 0. The minimum absolute atomic E-state index is 0.104. The highest BCUT2D eigenvalue weighted by atomic mass is 16.5. The van der Waals surface area contributed by atoms with Crippen LogP contribution in [-0.2, 0) is 9.53 Å². The molecule has 0 bridgehead atoms. The molecule has 3 atom stereocenters. The summed E-state index contributed by atoms with van der Waals surface area (Å²) in [5.74, 6) is 0.540. The van der Waals surface area contributed by atoms with E-state index in [4.69, 9.17) is 10.5 Å². The molecule has 1 aliphatic rings. The van der Waals surface area contributed by atoms with Crippen molar-refractivity contribution in [2.75, 3.05) is 19.7 Å². The van der Waals surface area contributed by atoms with Gasteiger partial charge in [0.1, 0.15) is 6.10 Å². The Bertz CT molecular complexity index is 231. The van der Waals surface area contributed by atoms with Gasteiger partial charge in [-0.15, -0.1) is 0 Å². The van der Waals surface area contributed by atoms with Gasteiger partial charge in [0.25, 0.3) is 5.91 Å². The van der Waals surface area contributed by atoms with E-state index in [1.165, 1.54) is 0 Å². The van der Waals surface area contributed by atoms with Crippen molar-refractivity contribution in [1.29, 1.82) is 0 Å². The van der Waals surface area contributed by atoms with Crippen molar-refractivity contribution in [3.63, 3.8) is 0 Å². The molecule has 1 saturated heterocycles. The number of amides is 1. The lowest BCUT2D eigenvalue weighted by molar-refractivity contribution is -0.144. The fourth-order valence-electron chi connectivity index (χ4n) is 2.22. The third-order valence-corrected chi connectivity index (χ3v) is 3.28. The van der Waals surface area contributed by atoms with Crippen molar-refractivity contribution < 1.29 is 9.53 Å². The summed E-state index contributed by atoms with van der Waals surface area (Å²) in [5, 5.41) is 0. The molecule has 0 radical (unpaired) electrons. The molecule has 1 rings (SSSR count). The summed E-state index contributed by atoms with van der Waals surface area (Å²) in [7, 11) is 0. The highest BCUT2D eigenvalue weighted by molar-refractivity contribution is 5.80. The highest BCUT2D eigenvalue weighted by Crippen LogP contribution is 2.19. The van der Waals surface area contributed by atoms with Crippen LogP contribution in [0.1, 0.15) is 33.6 Å². The Morgan fingerprint density at radius 2 is 2.25 bits per heavy atom. The zero-order chi connectivity index (χ0) is 12.1. The second-order valence-corrected chi connectivity index (χ2v) is 4.64. The van der Waals surface area contributed by atoms with E-state index in [1.807, 2.05) is 25.7 Å². The number of piperidine rings is 1. The van der Waals surface area contributed by atoms with E-state index in [2.05, 4.69) is 0 Å². The minimum Gasteiger partial charge on any atom is -0.369 e. The Kier molecular flexibility index (Phi) is 5.22. The number of hydrogen-bond donors (Lipinski definition) is 1. The number of likely N-dealkylation sites (tertiary alicyclic amines) is 1. The summed E-state index contributed by atoms with van der Waals surface area (Å²) in [5.41, 5.74) is 5.90. The van der Waals surface area contributed by atoms with Crippen molar-refractivity contribution in [3.05, 3.63) is 0 Å². The van der Waals surface area contributed by atoms with E-state index in [1.54, 1.807) is 0 Å². The Morgan fingerprint density at radius 1 is 1.56 bits per heavy atom. The van der Waals surface area contributed by atoms with Crippen molar-refractivity contribution in [3.8, 4) is 0 Å². The lowest BCUT2D eigenvalue weighted by Crippen LogP contribution is -2.48. The average molecular weight is 228 g/mol. The van der Waals surface area contributed by atoms with E-state index in [0.29, 0.717) is 12.5 Å². The van der Waals surface area contributed by atoms with Crippen LogP contribution in [0.4, 0.5) is 0 Å². The van der Waals surface area contributed by atoms with Crippen LogP contribution in [0.2, 0.25) is 0 Å². The molecule has 4 nitrogen and oxygen atoms in total. The minimum atomic E-state index is -0.322. The first-order valence-electron chi connectivity index (χ1n) is 6.22. The van der Waals surface area contributed by atoms with Crippen LogP contribution in [0.15, 0.2) is 0 Å². The van der Waals surface area contributed by atoms with E-state index in [0.717, 1.165) is 25.9 Å². The van der Waals surface area contributed by atoms with Gasteiger partial charge in [-0.05, 0) is 39.5 Å². The molecule has 0 aliphatic carbocycles. The molecule has 1 fully saturated rings. The van der Waals surface area contributed by atoms with Crippen LogP contribution in [0.3, 0.4) is 0 Å². The Labute approximate surface area is 98.1 Å². The van der Waals surface area contributed by atoms with Gasteiger partial charge in [0, 0.05) is 25.7 Å². The first-order valence-corrected chi connectivity index (χ1v) is 6.22. The number of rotatable bonds is 4. The number of carbonyl (C=O) groups excluding carboxylic acids is 1. The van der Waals surface area contributed by atoms with Crippen LogP contribution in [0.25, 0.3) is 0 Å². The van der Waals surface area contributed by atoms with Crippen molar-refractivity contribution in [2.24, 2.45) is 11.7 Å². The predicted octanol–water partition coefficient (Wildman–Crippen LogP) is 0.997. The molecule has 1 heterocycles. The molecule has 0 spiro atoms. The third-order valence-electron chi connectivity index (χ3n) is 3.28. The largest absolute Gasteiger partial charge is 0.369 e. The molecule has 94 valence electrons. The zero-order valence-corrected chi connectivity index (χ0v) is 10.6. The average Bonchev–Trinajstić information content (AvgIpc) is 2.28. The standard InChI is InChI=1S/C12H24N2O2/c1-4-16-10(3)12(15)14-7-5-6-11(8-14)9(2)13/h9-11H,4-8,13H2,1-3H3/t9-,10+,11-/m0/s1. The number of carbonyl (C=O) groups is 1. The van der Waals surface area contributed by atoms with Gasteiger partial charge in [0.15, 0.2) is 0 Å². The van der Waals surface area contributed by atoms with Gasteiger partial charge in [-0.3, -0.25) is 4.79 Å². The zero-order valence-electron chi connectivity index (χ0n) is 10.6. The number of ether oxygens (including phenoxy) is 1. The van der Waals surface area contributed by atoms with Gasteiger partial charge in [-0.2, -0.15) is 0 Å². The molecule has 4 heteroatoms. The second kappa shape index (κ2) is 6.21. The molecular formula is C12H24N2O2. The fraction of sp³-hybridized carbons (Fsp3) is 0.917. The smallest absolute Gasteiger partial charge is 0.251 e. The number of nitrogens with two attached hydrogens (primary N) is 1. The van der Waals surface area contributed by atoms with Gasteiger partial charge >= 0.3 is 0 Å². The van der Waals surface area contributed by atoms with Crippen LogP contribution < -0.4 is 5.73 Å². The van der Waals surface area contributed by atoms with Crippen LogP contribution in [0, 0.1) is 5.92 Å². The monoisotopic (exact) mass is 228 g/mol. The van der Waals surface area contributed by atoms with Gasteiger partial charge in [-0.25, -0.2) is 0 Å². The van der Waals surface area contributed by atoms with Crippen molar-refractivity contribution in [1.82, 2.24) is 4.90 Å². The summed E-state index contributed by atoms with van der Waals surface area (Å²) < 4.78 is 5.33. The molecule has 1 amide bonds. The van der Waals surface area contributed by atoms with Crippen molar-refractivity contribution >= 4 is 5.91 Å². The molecule has 0 aromatic heterocycles. The van der Waals surface area contributed by atoms with E-state index in [9.17, 15) is 4.79 Å². The molecule has 2 N–H and O–H groups in total. The first kappa shape index (κ1) is 13.5. The lowest BCUT2D eigenvalue weighted by atomic mass is 9.92. The quantitative estimate of drug-likeness (QED) is 0.781. The van der Waals surface area contributed by atoms with Gasteiger partial charge in [0.2, 0.25) is 0 Å². The van der Waals surface area contributed by atoms with Crippen LogP contribution in [0.5, 0.6) is 0 Å². The van der Waals surface area contributed by atoms with Crippen molar-refractivity contribution in [2.45, 2.75) is 45.8 Å². The molecule has 0 unspecified atom stereocenters.